The van der Waals surface area contributed by atoms with Crippen LogP contribution in [0.4, 0.5) is 0 Å². The van der Waals surface area contributed by atoms with Crippen molar-refractivity contribution >= 4 is 33.5 Å². The van der Waals surface area contributed by atoms with Crippen LogP contribution in [0.25, 0.3) is 0 Å². The zero-order valence-electron chi connectivity index (χ0n) is 11.5. The fraction of sp³-hybridized carbons (Fsp3) is 0.500. The van der Waals surface area contributed by atoms with Crippen LogP contribution in [0.5, 0.6) is 0 Å². The minimum atomic E-state index is -4.40. The average Bonchev–Trinajstić information content (AvgIpc) is 2.38. The van der Waals surface area contributed by atoms with E-state index in [9.17, 15) is 8.42 Å². The Bertz CT molecular complexity index is 547. The standard InChI is InChI=1S/C12H17Cl2NO5S/c1-3-10(15-21(16,17)18)12(20-7-19-2)11-8(13)5-4-6-9(11)14/h4-6,10,12,15H,3,7H2,1-2H3,(H,16,17,18)/t10-,12+/m1/s1. The Morgan fingerprint density at radius 1 is 1.33 bits per heavy atom. The van der Waals surface area contributed by atoms with Gasteiger partial charge in [0.25, 0.3) is 0 Å². The largest absolute Gasteiger partial charge is 0.359 e. The van der Waals surface area contributed by atoms with Gasteiger partial charge in [-0.3, -0.25) is 4.55 Å². The summed E-state index contributed by atoms with van der Waals surface area (Å²) in [6.45, 7) is 1.65. The number of nitrogens with one attached hydrogen (secondary N) is 1. The van der Waals surface area contributed by atoms with Gasteiger partial charge in [0.2, 0.25) is 0 Å². The third-order valence-electron chi connectivity index (χ3n) is 2.76. The molecule has 21 heavy (non-hydrogen) atoms. The van der Waals surface area contributed by atoms with Crippen molar-refractivity contribution in [2.24, 2.45) is 0 Å². The lowest BCUT2D eigenvalue weighted by atomic mass is 10.0. The molecule has 0 aliphatic carbocycles. The van der Waals surface area contributed by atoms with E-state index < -0.39 is 22.4 Å². The van der Waals surface area contributed by atoms with Crippen LogP contribution in [-0.4, -0.2) is 32.9 Å². The summed E-state index contributed by atoms with van der Waals surface area (Å²) in [5.41, 5.74) is 0.431. The van der Waals surface area contributed by atoms with Gasteiger partial charge in [0.1, 0.15) is 12.9 Å². The summed E-state index contributed by atoms with van der Waals surface area (Å²) < 4.78 is 43.6. The summed E-state index contributed by atoms with van der Waals surface area (Å²) in [5, 5.41) is 0.665. The van der Waals surface area contributed by atoms with Crippen molar-refractivity contribution in [1.82, 2.24) is 4.72 Å². The minimum absolute atomic E-state index is 0.0874. The SMILES string of the molecule is CC[C@@H](NS(=O)(=O)O)[C@H](OCOC)c1c(Cl)cccc1Cl. The summed E-state index contributed by atoms with van der Waals surface area (Å²) in [6, 6.07) is 4.14. The lowest BCUT2D eigenvalue weighted by Crippen LogP contribution is -2.39. The van der Waals surface area contributed by atoms with Gasteiger partial charge in [-0.05, 0) is 18.6 Å². The van der Waals surface area contributed by atoms with Crippen LogP contribution in [0.3, 0.4) is 0 Å². The third kappa shape index (κ3) is 5.71. The molecule has 2 N–H and O–H groups in total. The predicted octanol–water partition coefficient (Wildman–Crippen LogP) is 2.83. The molecule has 0 amide bonds. The first-order valence-electron chi connectivity index (χ1n) is 6.09. The molecular weight excluding hydrogens is 341 g/mol. The summed E-state index contributed by atoms with van der Waals surface area (Å²) in [5.74, 6) is 0. The number of benzene rings is 1. The molecule has 0 bridgehead atoms. The van der Waals surface area contributed by atoms with E-state index in [0.29, 0.717) is 22.0 Å². The first-order valence-corrected chi connectivity index (χ1v) is 8.29. The van der Waals surface area contributed by atoms with Crippen molar-refractivity contribution in [3.63, 3.8) is 0 Å². The number of rotatable bonds is 8. The van der Waals surface area contributed by atoms with Gasteiger partial charge in [0.05, 0.1) is 6.04 Å². The molecule has 1 rings (SSSR count). The van der Waals surface area contributed by atoms with Crippen molar-refractivity contribution < 1.29 is 22.4 Å². The van der Waals surface area contributed by atoms with Crippen LogP contribution in [-0.2, 0) is 19.8 Å². The minimum Gasteiger partial charge on any atom is -0.359 e. The summed E-state index contributed by atoms with van der Waals surface area (Å²) in [4.78, 5) is 0. The molecule has 0 saturated heterocycles. The highest BCUT2D eigenvalue weighted by molar-refractivity contribution is 7.83. The van der Waals surface area contributed by atoms with Crippen LogP contribution < -0.4 is 4.72 Å². The first-order chi connectivity index (χ1) is 9.80. The third-order valence-corrected chi connectivity index (χ3v) is 4.02. The van der Waals surface area contributed by atoms with Crippen LogP contribution in [0.1, 0.15) is 25.0 Å². The fourth-order valence-corrected chi connectivity index (χ4v) is 3.16. The number of ether oxygens (including phenoxy) is 2. The van der Waals surface area contributed by atoms with Crippen LogP contribution >= 0.6 is 23.2 Å². The molecular formula is C12H17Cl2NO5S. The van der Waals surface area contributed by atoms with E-state index in [-0.39, 0.29) is 6.79 Å². The van der Waals surface area contributed by atoms with Gasteiger partial charge >= 0.3 is 10.3 Å². The van der Waals surface area contributed by atoms with E-state index in [1.54, 1.807) is 25.1 Å². The molecule has 0 fully saturated rings. The number of hydrogen-bond donors (Lipinski definition) is 2. The summed E-state index contributed by atoms with van der Waals surface area (Å²) in [7, 11) is -2.96. The van der Waals surface area contributed by atoms with Gasteiger partial charge in [0.15, 0.2) is 0 Å². The van der Waals surface area contributed by atoms with Crippen LogP contribution in [0, 0.1) is 0 Å². The second-order valence-corrected chi connectivity index (χ2v) is 6.24. The maximum absolute atomic E-state index is 11.1. The second-order valence-electron chi connectivity index (χ2n) is 4.24. The van der Waals surface area contributed by atoms with Gasteiger partial charge in [-0.2, -0.15) is 13.1 Å². The number of hydrogen-bond acceptors (Lipinski definition) is 4. The summed E-state index contributed by atoms with van der Waals surface area (Å²) >= 11 is 12.3. The molecule has 0 unspecified atom stereocenters. The molecule has 0 heterocycles. The highest BCUT2D eigenvalue weighted by atomic mass is 35.5. The quantitative estimate of drug-likeness (QED) is 0.551. The molecule has 9 heteroatoms. The Kier molecular flexibility index (Phi) is 7.35. The molecule has 0 aliphatic rings. The molecule has 1 aromatic carbocycles. The maximum atomic E-state index is 11.1. The van der Waals surface area contributed by atoms with E-state index in [0.717, 1.165) is 0 Å². The molecule has 1 aromatic rings. The average molecular weight is 358 g/mol. The molecule has 0 aliphatic heterocycles. The smallest absolute Gasteiger partial charge is 0.333 e. The Balaban J connectivity index is 3.20. The lowest BCUT2D eigenvalue weighted by Gasteiger charge is -2.27. The Morgan fingerprint density at radius 3 is 2.33 bits per heavy atom. The van der Waals surface area contributed by atoms with E-state index in [1.807, 2.05) is 0 Å². The Morgan fingerprint density at radius 2 is 1.90 bits per heavy atom. The second kappa shape index (κ2) is 8.28. The molecule has 2 atom stereocenters. The highest BCUT2D eigenvalue weighted by Crippen LogP contribution is 2.35. The fourth-order valence-electron chi connectivity index (χ4n) is 1.88. The molecule has 0 aromatic heterocycles. The van der Waals surface area contributed by atoms with E-state index in [1.165, 1.54) is 7.11 Å². The van der Waals surface area contributed by atoms with Gasteiger partial charge in [-0.25, -0.2) is 0 Å². The molecule has 6 nitrogen and oxygen atoms in total. The van der Waals surface area contributed by atoms with Gasteiger partial charge < -0.3 is 9.47 Å². The molecule has 0 spiro atoms. The van der Waals surface area contributed by atoms with Crippen molar-refractivity contribution in [3.05, 3.63) is 33.8 Å². The van der Waals surface area contributed by atoms with Crippen molar-refractivity contribution in [3.8, 4) is 0 Å². The zero-order chi connectivity index (χ0) is 16.0. The monoisotopic (exact) mass is 357 g/mol. The number of methoxy groups -OCH3 is 1. The normalized spacial score (nSPS) is 14.9. The van der Waals surface area contributed by atoms with Gasteiger partial charge in [-0.15, -0.1) is 0 Å². The Hall–Kier alpha value is -0.410. The van der Waals surface area contributed by atoms with Gasteiger partial charge in [0, 0.05) is 22.7 Å². The van der Waals surface area contributed by atoms with E-state index >= 15 is 0 Å². The predicted molar refractivity (Wildman–Crippen MR) is 80.9 cm³/mol. The topological polar surface area (TPSA) is 84.9 Å². The highest BCUT2D eigenvalue weighted by Gasteiger charge is 2.29. The Labute approximate surface area is 134 Å². The molecule has 0 radical (unpaired) electrons. The van der Waals surface area contributed by atoms with Gasteiger partial charge in [-0.1, -0.05) is 36.2 Å². The van der Waals surface area contributed by atoms with Crippen molar-refractivity contribution in [2.75, 3.05) is 13.9 Å². The zero-order valence-corrected chi connectivity index (χ0v) is 13.9. The van der Waals surface area contributed by atoms with E-state index in [4.69, 9.17) is 37.2 Å². The van der Waals surface area contributed by atoms with Crippen molar-refractivity contribution in [1.29, 1.82) is 0 Å². The number of halogens is 2. The molecule has 120 valence electrons. The maximum Gasteiger partial charge on any atom is 0.333 e. The molecule has 0 saturated carbocycles. The first kappa shape index (κ1) is 18.6. The van der Waals surface area contributed by atoms with E-state index in [2.05, 4.69) is 4.72 Å². The summed E-state index contributed by atoms with van der Waals surface area (Å²) in [6.07, 6.45) is -0.464. The lowest BCUT2D eigenvalue weighted by molar-refractivity contribution is -0.0836. The van der Waals surface area contributed by atoms with Crippen LogP contribution in [0.15, 0.2) is 18.2 Å². The van der Waals surface area contributed by atoms with Crippen LogP contribution in [0.2, 0.25) is 10.0 Å². The van der Waals surface area contributed by atoms with Crippen molar-refractivity contribution in [2.45, 2.75) is 25.5 Å².